The largest absolute Gasteiger partial charge is 0.480 e. The van der Waals surface area contributed by atoms with E-state index in [0.717, 1.165) is 28.8 Å². The van der Waals surface area contributed by atoms with E-state index in [2.05, 4.69) is 15.5 Å². The van der Waals surface area contributed by atoms with E-state index in [9.17, 15) is 19.8 Å². The normalized spacial score (nSPS) is 18.1. The van der Waals surface area contributed by atoms with Crippen LogP contribution in [0.2, 0.25) is 0 Å². The first kappa shape index (κ1) is 25.4. The van der Waals surface area contributed by atoms with Crippen LogP contribution in [0.3, 0.4) is 0 Å². The first-order valence-electron chi connectivity index (χ1n) is 10.5. The number of allylic oxidation sites excluding steroid dienone is 1. The van der Waals surface area contributed by atoms with Gasteiger partial charge in [0.25, 0.3) is 0 Å². The van der Waals surface area contributed by atoms with Crippen molar-refractivity contribution in [3.63, 3.8) is 0 Å². The third kappa shape index (κ3) is 6.56. The maximum Gasteiger partial charge on any atom is 0.323 e. The summed E-state index contributed by atoms with van der Waals surface area (Å²) in [6, 6.07) is 4.83. The van der Waals surface area contributed by atoms with Crippen LogP contribution in [0.4, 0.5) is 11.4 Å². The van der Waals surface area contributed by atoms with Crippen LogP contribution in [0.15, 0.2) is 41.6 Å². The molecule has 9 heteroatoms. The molecule has 1 aliphatic rings. The van der Waals surface area contributed by atoms with Crippen LogP contribution in [-0.4, -0.2) is 80.0 Å². The Morgan fingerprint density at radius 2 is 2.12 bits per heavy atom. The number of nitrogens with zero attached hydrogens (tertiary/aromatic N) is 2. The third-order valence-corrected chi connectivity index (χ3v) is 5.09. The van der Waals surface area contributed by atoms with E-state index in [1.807, 2.05) is 49.5 Å². The van der Waals surface area contributed by atoms with Crippen LogP contribution in [0, 0.1) is 0 Å². The van der Waals surface area contributed by atoms with Gasteiger partial charge in [-0.1, -0.05) is 6.07 Å². The zero-order valence-electron chi connectivity index (χ0n) is 19.3. The molecule has 2 rings (SSSR count). The molecule has 4 N–H and O–H groups in total. The summed E-state index contributed by atoms with van der Waals surface area (Å²) >= 11 is 0. The van der Waals surface area contributed by atoms with Crippen molar-refractivity contribution in [1.29, 1.82) is 0 Å². The number of methoxy groups -OCH3 is 1. The average molecular weight is 447 g/mol. The maximum absolute atomic E-state index is 11.3. The number of aliphatic hydroxyl groups excluding tert-OH is 1. The van der Waals surface area contributed by atoms with E-state index in [4.69, 9.17) is 4.74 Å². The third-order valence-electron chi connectivity index (χ3n) is 5.09. The van der Waals surface area contributed by atoms with Crippen molar-refractivity contribution >= 4 is 23.6 Å². The molecular formula is C23H34N4O5. The lowest BCUT2D eigenvalue weighted by atomic mass is 10.1. The van der Waals surface area contributed by atoms with Crippen molar-refractivity contribution < 1.29 is 24.5 Å². The lowest BCUT2D eigenvalue weighted by molar-refractivity contribution is -0.142. The highest BCUT2D eigenvalue weighted by molar-refractivity contribution is 5.80. The number of aliphatic carboxylic acids is 1. The monoisotopic (exact) mass is 446 g/mol. The van der Waals surface area contributed by atoms with Gasteiger partial charge in [-0.05, 0) is 43.2 Å². The molecule has 0 radical (unpaired) electrons. The smallest absolute Gasteiger partial charge is 0.323 e. The molecule has 0 aromatic heterocycles. The molecular weight excluding hydrogens is 412 g/mol. The number of ether oxygens (including phenoxy) is 1. The minimum Gasteiger partial charge on any atom is -0.480 e. The van der Waals surface area contributed by atoms with Gasteiger partial charge in [0.05, 0.1) is 24.1 Å². The summed E-state index contributed by atoms with van der Waals surface area (Å²) in [5, 5.41) is 25.3. The minimum absolute atomic E-state index is 0.204. The summed E-state index contributed by atoms with van der Waals surface area (Å²) in [4.78, 5) is 26.7. The van der Waals surface area contributed by atoms with Gasteiger partial charge < -0.3 is 30.1 Å². The summed E-state index contributed by atoms with van der Waals surface area (Å²) < 4.78 is 5.30. The minimum atomic E-state index is -1.10. The van der Waals surface area contributed by atoms with E-state index in [1.165, 1.54) is 6.92 Å². The second-order valence-corrected chi connectivity index (χ2v) is 8.12. The van der Waals surface area contributed by atoms with Crippen LogP contribution < -0.4 is 15.5 Å². The quantitative estimate of drug-likeness (QED) is 0.215. The number of carbonyl (C=O) groups excluding carboxylic acids is 1. The lowest BCUT2D eigenvalue weighted by Gasteiger charge is -2.28. The fourth-order valence-corrected chi connectivity index (χ4v) is 3.60. The molecule has 3 atom stereocenters. The number of hydrogen-bond donors (Lipinski definition) is 4. The highest BCUT2D eigenvalue weighted by Crippen LogP contribution is 2.38. The molecule has 0 bridgehead atoms. The second-order valence-electron chi connectivity index (χ2n) is 8.12. The van der Waals surface area contributed by atoms with Crippen molar-refractivity contribution in [1.82, 2.24) is 10.2 Å². The fourth-order valence-electron chi connectivity index (χ4n) is 3.60. The molecule has 1 heterocycles. The molecule has 1 aromatic carbocycles. The maximum atomic E-state index is 11.3. The number of rotatable bonds is 12. The first-order chi connectivity index (χ1) is 15.2. The van der Waals surface area contributed by atoms with Crippen molar-refractivity contribution in [2.24, 2.45) is 0 Å². The van der Waals surface area contributed by atoms with Gasteiger partial charge in [0.1, 0.15) is 18.5 Å². The first-order valence-corrected chi connectivity index (χ1v) is 10.5. The summed E-state index contributed by atoms with van der Waals surface area (Å²) in [6.07, 6.45) is 3.44. The second kappa shape index (κ2) is 11.7. The van der Waals surface area contributed by atoms with Gasteiger partial charge in [0.2, 0.25) is 0 Å². The molecule has 0 saturated carbocycles. The summed E-state index contributed by atoms with van der Waals surface area (Å²) in [6.45, 7) is 4.68. The van der Waals surface area contributed by atoms with Gasteiger partial charge in [-0.3, -0.25) is 14.9 Å². The number of carboxylic acid groups (broad SMARTS) is 1. The molecule has 1 aromatic rings. The van der Waals surface area contributed by atoms with Crippen LogP contribution >= 0.6 is 0 Å². The van der Waals surface area contributed by atoms with E-state index in [-0.39, 0.29) is 6.17 Å². The van der Waals surface area contributed by atoms with E-state index in [1.54, 1.807) is 14.0 Å². The molecule has 0 aliphatic carbocycles. The summed E-state index contributed by atoms with van der Waals surface area (Å²) in [7, 11) is 5.51. The van der Waals surface area contributed by atoms with Gasteiger partial charge in [-0.25, -0.2) is 0 Å². The Morgan fingerprint density at radius 3 is 2.69 bits per heavy atom. The summed E-state index contributed by atoms with van der Waals surface area (Å²) in [5.41, 5.74) is 4.31. The van der Waals surface area contributed by atoms with Gasteiger partial charge in [0.15, 0.2) is 0 Å². The van der Waals surface area contributed by atoms with E-state index >= 15 is 0 Å². The molecule has 0 saturated heterocycles. The lowest BCUT2D eigenvalue weighted by Crippen LogP contribution is -2.44. The van der Waals surface area contributed by atoms with Crippen LogP contribution in [0.5, 0.6) is 0 Å². The van der Waals surface area contributed by atoms with Crippen molar-refractivity contribution in [3.05, 3.63) is 47.2 Å². The molecule has 9 nitrogen and oxygen atoms in total. The molecule has 176 valence electrons. The van der Waals surface area contributed by atoms with E-state index in [0.29, 0.717) is 25.3 Å². The number of aldehydes is 1. The van der Waals surface area contributed by atoms with Crippen molar-refractivity contribution in [3.8, 4) is 0 Å². The number of nitrogens with one attached hydrogen (secondary N) is 2. The number of fused-ring (bicyclic) bond motifs is 1. The predicted octanol–water partition coefficient (Wildman–Crippen LogP) is 1.41. The number of hydrogen-bond acceptors (Lipinski definition) is 8. The summed E-state index contributed by atoms with van der Waals surface area (Å²) in [5.74, 6) is -1.10. The Labute approximate surface area is 189 Å². The Kier molecular flexibility index (Phi) is 9.25. The topological polar surface area (TPSA) is 114 Å². The van der Waals surface area contributed by atoms with Crippen LogP contribution in [0.1, 0.15) is 19.4 Å². The van der Waals surface area contributed by atoms with Gasteiger partial charge >= 0.3 is 5.97 Å². The van der Waals surface area contributed by atoms with Crippen molar-refractivity contribution in [2.45, 2.75) is 38.7 Å². The van der Waals surface area contributed by atoms with Crippen LogP contribution in [-0.2, 0) is 20.9 Å². The zero-order valence-corrected chi connectivity index (χ0v) is 19.3. The SMILES string of the molecule is COCCN1c2ccc(CNC(C(=O)O)C(C)O)cc2NC1C(/C=C(/C)C=O)=C/N(C)C. The standard InChI is InChI=1S/C23H34N4O5/c1-15(14-28)10-18(13-26(3)4)22-25-19-11-17(12-24-21(16(2)29)23(30)31)6-7-20(19)27(22)8-9-32-5/h6-7,10-11,13-14,16,21-22,24-25,29H,8-9,12H2,1-5H3,(H,30,31)/b15-10-,18-13+. The highest BCUT2D eigenvalue weighted by atomic mass is 16.5. The molecule has 3 unspecified atom stereocenters. The Hall–Kier alpha value is -2.88. The number of carbonyl (C=O) groups is 2. The van der Waals surface area contributed by atoms with Crippen molar-refractivity contribution in [2.75, 3.05) is 44.6 Å². The molecule has 0 spiro atoms. The molecule has 0 fully saturated rings. The molecule has 0 amide bonds. The molecule has 32 heavy (non-hydrogen) atoms. The van der Waals surface area contributed by atoms with Gasteiger partial charge in [0, 0.05) is 46.1 Å². The van der Waals surface area contributed by atoms with Crippen LogP contribution in [0.25, 0.3) is 0 Å². The highest BCUT2D eigenvalue weighted by Gasteiger charge is 2.31. The Morgan fingerprint density at radius 1 is 1.41 bits per heavy atom. The fraction of sp³-hybridized carbons (Fsp3) is 0.478. The Bertz CT molecular complexity index is 866. The average Bonchev–Trinajstić information content (AvgIpc) is 3.08. The zero-order chi connectivity index (χ0) is 23.8. The number of carboxylic acids is 1. The number of anilines is 2. The molecule has 1 aliphatic heterocycles. The van der Waals surface area contributed by atoms with Gasteiger partial charge in [-0.15, -0.1) is 0 Å². The van der Waals surface area contributed by atoms with Gasteiger partial charge in [-0.2, -0.15) is 0 Å². The number of aliphatic hydroxyl groups is 1. The Balaban J connectivity index is 2.34. The number of benzene rings is 1. The van der Waals surface area contributed by atoms with E-state index < -0.39 is 18.1 Å². The predicted molar refractivity (Wildman–Crippen MR) is 125 cm³/mol.